The Morgan fingerprint density at radius 2 is 2.15 bits per heavy atom. The van der Waals surface area contributed by atoms with E-state index in [0.717, 1.165) is 13.0 Å². The van der Waals surface area contributed by atoms with Crippen molar-refractivity contribution in [3.8, 4) is 0 Å². The summed E-state index contributed by atoms with van der Waals surface area (Å²) in [6, 6.07) is 0.477. The van der Waals surface area contributed by atoms with Gasteiger partial charge in [-0.2, -0.15) is 0 Å². The zero-order valence-corrected chi connectivity index (χ0v) is 8.76. The van der Waals surface area contributed by atoms with Crippen molar-refractivity contribution in [3.05, 3.63) is 0 Å². The first-order valence-corrected chi connectivity index (χ1v) is 6.57. The fourth-order valence-corrected chi connectivity index (χ4v) is 3.49. The summed E-state index contributed by atoms with van der Waals surface area (Å²) in [4.78, 5) is 0. The van der Waals surface area contributed by atoms with Crippen LogP contribution in [0.2, 0.25) is 0 Å². The summed E-state index contributed by atoms with van der Waals surface area (Å²) >= 11 is 0. The Kier molecular flexibility index (Phi) is 2.13. The van der Waals surface area contributed by atoms with Crippen LogP contribution in [0.5, 0.6) is 0 Å². The SMILES string of the molecule is C[C@H]1CC2CNC1C2NS(C)(=O)=O. The molecule has 0 aromatic carbocycles. The average Bonchev–Trinajstić information content (AvgIpc) is 2.42. The Labute approximate surface area is 79.1 Å². The molecule has 0 amide bonds. The van der Waals surface area contributed by atoms with Crippen molar-refractivity contribution in [1.29, 1.82) is 0 Å². The van der Waals surface area contributed by atoms with E-state index < -0.39 is 10.0 Å². The lowest BCUT2D eigenvalue weighted by molar-refractivity contribution is 0.391. The highest BCUT2D eigenvalue weighted by Crippen LogP contribution is 2.36. The number of fused-ring (bicyclic) bond motifs is 2. The molecule has 76 valence electrons. The van der Waals surface area contributed by atoms with E-state index in [1.54, 1.807) is 0 Å². The van der Waals surface area contributed by atoms with Crippen LogP contribution in [-0.4, -0.2) is 33.3 Å². The first-order valence-electron chi connectivity index (χ1n) is 4.68. The van der Waals surface area contributed by atoms with Crippen molar-refractivity contribution >= 4 is 10.0 Å². The minimum Gasteiger partial charge on any atom is -0.312 e. The normalized spacial score (nSPS) is 44.2. The van der Waals surface area contributed by atoms with Gasteiger partial charge < -0.3 is 5.32 Å². The summed E-state index contributed by atoms with van der Waals surface area (Å²) < 4.78 is 24.9. The molecule has 0 aromatic heterocycles. The van der Waals surface area contributed by atoms with Crippen LogP contribution < -0.4 is 10.0 Å². The van der Waals surface area contributed by atoms with E-state index in [-0.39, 0.29) is 6.04 Å². The molecule has 2 rings (SSSR count). The molecular formula is C8H16N2O2S. The van der Waals surface area contributed by atoms with E-state index in [2.05, 4.69) is 17.0 Å². The van der Waals surface area contributed by atoms with Crippen LogP contribution in [-0.2, 0) is 10.0 Å². The number of rotatable bonds is 2. The van der Waals surface area contributed by atoms with Crippen molar-refractivity contribution < 1.29 is 8.42 Å². The molecule has 2 N–H and O–H groups in total. The van der Waals surface area contributed by atoms with Gasteiger partial charge >= 0.3 is 0 Å². The van der Waals surface area contributed by atoms with Gasteiger partial charge in [0.2, 0.25) is 10.0 Å². The molecular weight excluding hydrogens is 188 g/mol. The lowest BCUT2D eigenvalue weighted by atomic mass is 10.0. The van der Waals surface area contributed by atoms with Crippen molar-refractivity contribution in [2.45, 2.75) is 25.4 Å². The van der Waals surface area contributed by atoms with Gasteiger partial charge in [-0.25, -0.2) is 13.1 Å². The second-order valence-electron chi connectivity index (χ2n) is 4.32. The van der Waals surface area contributed by atoms with Gasteiger partial charge in [-0.05, 0) is 24.8 Å². The molecule has 1 saturated carbocycles. The number of sulfonamides is 1. The molecule has 0 aromatic rings. The van der Waals surface area contributed by atoms with Gasteiger partial charge in [0.15, 0.2) is 0 Å². The minimum atomic E-state index is -3.05. The fraction of sp³-hybridized carbons (Fsp3) is 1.00. The van der Waals surface area contributed by atoms with E-state index in [0.29, 0.717) is 17.9 Å². The van der Waals surface area contributed by atoms with E-state index in [4.69, 9.17) is 0 Å². The van der Waals surface area contributed by atoms with E-state index in [1.807, 2.05) is 0 Å². The first kappa shape index (κ1) is 9.43. The van der Waals surface area contributed by atoms with Gasteiger partial charge in [0.05, 0.1) is 6.26 Å². The van der Waals surface area contributed by atoms with Gasteiger partial charge in [-0.1, -0.05) is 6.92 Å². The number of hydrogen-bond acceptors (Lipinski definition) is 3. The lowest BCUT2D eigenvalue weighted by Gasteiger charge is -2.19. The maximum Gasteiger partial charge on any atom is 0.209 e. The van der Waals surface area contributed by atoms with Gasteiger partial charge in [0, 0.05) is 12.1 Å². The molecule has 2 aliphatic rings. The van der Waals surface area contributed by atoms with Crippen LogP contribution in [0.25, 0.3) is 0 Å². The van der Waals surface area contributed by atoms with Gasteiger partial charge in [0.25, 0.3) is 0 Å². The third kappa shape index (κ3) is 1.73. The van der Waals surface area contributed by atoms with Crippen LogP contribution in [0.3, 0.4) is 0 Å². The summed E-state index contributed by atoms with van der Waals surface area (Å²) in [5.74, 6) is 1.09. The van der Waals surface area contributed by atoms with Crippen molar-refractivity contribution in [1.82, 2.24) is 10.0 Å². The van der Waals surface area contributed by atoms with Gasteiger partial charge in [-0.15, -0.1) is 0 Å². The van der Waals surface area contributed by atoms with Crippen LogP contribution in [0.4, 0.5) is 0 Å². The largest absolute Gasteiger partial charge is 0.312 e. The molecule has 1 aliphatic heterocycles. The highest BCUT2D eigenvalue weighted by atomic mass is 32.2. The first-order chi connectivity index (χ1) is 5.97. The van der Waals surface area contributed by atoms with Crippen LogP contribution in [0.1, 0.15) is 13.3 Å². The molecule has 4 atom stereocenters. The molecule has 1 saturated heterocycles. The number of piperidine rings is 1. The zero-order valence-electron chi connectivity index (χ0n) is 7.95. The van der Waals surface area contributed by atoms with Crippen LogP contribution >= 0.6 is 0 Å². The quantitative estimate of drug-likeness (QED) is 0.639. The smallest absolute Gasteiger partial charge is 0.209 e. The highest BCUT2D eigenvalue weighted by Gasteiger charge is 2.46. The van der Waals surface area contributed by atoms with E-state index >= 15 is 0 Å². The Bertz CT molecular complexity index is 301. The van der Waals surface area contributed by atoms with E-state index in [1.165, 1.54) is 6.26 Å². The second-order valence-corrected chi connectivity index (χ2v) is 6.10. The summed E-state index contributed by atoms with van der Waals surface area (Å²) in [5, 5.41) is 3.35. The van der Waals surface area contributed by atoms with Gasteiger partial charge in [0.1, 0.15) is 0 Å². The minimum absolute atomic E-state index is 0.130. The summed E-state index contributed by atoms with van der Waals surface area (Å²) in [7, 11) is -3.05. The molecule has 2 bridgehead atoms. The number of hydrogen-bond donors (Lipinski definition) is 2. The predicted octanol–water partition coefficient (Wildman–Crippen LogP) is -0.468. The predicted molar refractivity (Wildman–Crippen MR) is 50.8 cm³/mol. The topological polar surface area (TPSA) is 58.2 Å². The maximum atomic E-state index is 11.1. The summed E-state index contributed by atoms with van der Waals surface area (Å²) in [6.45, 7) is 3.13. The maximum absolute atomic E-state index is 11.1. The Hall–Kier alpha value is -0.130. The highest BCUT2D eigenvalue weighted by molar-refractivity contribution is 7.88. The third-order valence-corrected chi connectivity index (χ3v) is 3.85. The molecule has 0 radical (unpaired) electrons. The van der Waals surface area contributed by atoms with Crippen molar-refractivity contribution in [2.24, 2.45) is 11.8 Å². The van der Waals surface area contributed by atoms with Crippen molar-refractivity contribution in [2.75, 3.05) is 12.8 Å². The monoisotopic (exact) mass is 204 g/mol. The lowest BCUT2D eigenvalue weighted by Crippen LogP contribution is -2.43. The Balaban J connectivity index is 2.10. The van der Waals surface area contributed by atoms with Crippen LogP contribution in [0, 0.1) is 11.8 Å². The molecule has 0 spiro atoms. The molecule has 3 unspecified atom stereocenters. The molecule has 1 heterocycles. The molecule has 2 fully saturated rings. The Morgan fingerprint density at radius 1 is 1.46 bits per heavy atom. The summed E-state index contributed by atoms with van der Waals surface area (Å²) in [6.07, 6.45) is 2.38. The molecule has 13 heavy (non-hydrogen) atoms. The molecule has 5 heteroatoms. The Morgan fingerprint density at radius 3 is 2.54 bits per heavy atom. The standard InChI is InChI=1S/C8H16N2O2S/c1-5-3-6-4-9-7(5)8(6)10-13(2,11)12/h5-10H,3-4H2,1-2H3/t5-,6?,7?,8?/m0/s1. The third-order valence-electron chi connectivity index (χ3n) is 3.15. The summed E-state index contributed by atoms with van der Waals surface area (Å²) in [5.41, 5.74) is 0. The fourth-order valence-electron chi connectivity index (χ4n) is 2.66. The van der Waals surface area contributed by atoms with Crippen molar-refractivity contribution in [3.63, 3.8) is 0 Å². The average molecular weight is 204 g/mol. The van der Waals surface area contributed by atoms with Crippen LogP contribution in [0.15, 0.2) is 0 Å². The second kappa shape index (κ2) is 2.93. The molecule has 4 nitrogen and oxygen atoms in total. The van der Waals surface area contributed by atoms with Gasteiger partial charge in [-0.3, -0.25) is 0 Å². The number of nitrogens with one attached hydrogen (secondary N) is 2. The molecule has 1 aliphatic carbocycles. The van der Waals surface area contributed by atoms with E-state index in [9.17, 15) is 8.42 Å². The zero-order chi connectivity index (χ0) is 9.64.